The summed E-state index contributed by atoms with van der Waals surface area (Å²) >= 11 is 0. The Kier molecular flexibility index (Phi) is 5.74. The zero-order valence-electron chi connectivity index (χ0n) is 15.2. The second-order valence-electron chi connectivity index (χ2n) is 7.21. The van der Waals surface area contributed by atoms with Crippen LogP contribution in [0.15, 0.2) is 42.7 Å². The van der Waals surface area contributed by atoms with Crippen molar-refractivity contribution in [2.24, 2.45) is 11.8 Å². The van der Waals surface area contributed by atoms with Crippen LogP contribution in [0.3, 0.4) is 0 Å². The minimum atomic E-state index is 0.0739. The standard InChI is InChI=1S/C20H28N4O/c1-16(14-23-11-9-21-17(23)2)13-22-20(25)24-10-8-19(15-24)12-18-6-4-3-5-7-18/h3-7,9,11,16,19H,8,10,12-15H2,1-2H3,(H,22,25)/t16-,19+/m1/s1. The smallest absolute Gasteiger partial charge is 0.317 e. The number of likely N-dealkylation sites (tertiary alicyclic amines) is 1. The number of urea groups is 1. The highest BCUT2D eigenvalue weighted by atomic mass is 16.2. The average molecular weight is 340 g/mol. The van der Waals surface area contributed by atoms with E-state index in [1.165, 1.54) is 5.56 Å². The van der Waals surface area contributed by atoms with Gasteiger partial charge >= 0.3 is 6.03 Å². The van der Waals surface area contributed by atoms with E-state index >= 15 is 0 Å². The molecule has 0 unspecified atom stereocenters. The molecule has 25 heavy (non-hydrogen) atoms. The quantitative estimate of drug-likeness (QED) is 0.878. The monoisotopic (exact) mass is 340 g/mol. The first-order chi connectivity index (χ1) is 12.1. The van der Waals surface area contributed by atoms with Crippen molar-refractivity contribution in [3.8, 4) is 0 Å². The van der Waals surface area contributed by atoms with E-state index in [1.807, 2.05) is 30.3 Å². The number of hydrogen-bond donors (Lipinski definition) is 1. The predicted octanol–water partition coefficient (Wildman–Crippen LogP) is 3.10. The lowest BCUT2D eigenvalue weighted by Gasteiger charge is -2.20. The molecule has 0 aliphatic carbocycles. The van der Waals surface area contributed by atoms with Crippen molar-refractivity contribution in [3.63, 3.8) is 0 Å². The van der Waals surface area contributed by atoms with Gasteiger partial charge in [-0.3, -0.25) is 0 Å². The van der Waals surface area contributed by atoms with Crippen LogP contribution in [0.25, 0.3) is 0 Å². The maximum atomic E-state index is 12.4. The van der Waals surface area contributed by atoms with E-state index in [9.17, 15) is 4.79 Å². The van der Waals surface area contributed by atoms with Crippen LogP contribution in [0.4, 0.5) is 4.79 Å². The van der Waals surface area contributed by atoms with Gasteiger partial charge in [0.15, 0.2) is 0 Å². The van der Waals surface area contributed by atoms with Crippen LogP contribution in [0.5, 0.6) is 0 Å². The Morgan fingerprint density at radius 3 is 2.88 bits per heavy atom. The number of benzene rings is 1. The first-order valence-electron chi connectivity index (χ1n) is 9.16. The van der Waals surface area contributed by atoms with E-state index in [4.69, 9.17) is 0 Å². The molecule has 1 saturated heterocycles. The molecular weight excluding hydrogens is 312 g/mol. The molecule has 134 valence electrons. The predicted molar refractivity (Wildman–Crippen MR) is 99.4 cm³/mol. The number of imidazole rings is 1. The Morgan fingerprint density at radius 1 is 1.36 bits per heavy atom. The van der Waals surface area contributed by atoms with Crippen molar-refractivity contribution < 1.29 is 4.79 Å². The molecule has 1 aromatic carbocycles. The molecular formula is C20H28N4O. The topological polar surface area (TPSA) is 50.2 Å². The van der Waals surface area contributed by atoms with E-state index in [0.717, 1.165) is 38.3 Å². The summed E-state index contributed by atoms with van der Waals surface area (Å²) in [6.45, 7) is 7.44. The van der Waals surface area contributed by atoms with E-state index in [1.54, 1.807) is 0 Å². The number of aromatic nitrogens is 2. The summed E-state index contributed by atoms with van der Waals surface area (Å²) in [7, 11) is 0. The number of carbonyl (C=O) groups is 1. The van der Waals surface area contributed by atoms with Crippen LogP contribution in [-0.2, 0) is 13.0 Å². The van der Waals surface area contributed by atoms with Gasteiger partial charge in [-0.05, 0) is 37.2 Å². The van der Waals surface area contributed by atoms with E-state index in [2.05, 4.69) is 46.1 Å². The van der Waals surface area contributed by atoms with Crippen molar-refractivity contribution in [2.75, 3.05) is 19.6 Å². The molecule has 1 aromatic heterocycles. The molecule has 0 radical (unpaired) electrons. The first kappa shape index (κ1) is 17.5. The lowest BCUT2D eigenvalue weighted by Crippen LogP contribution is -2.40. The summed E-state index contributed by atoms with van der Waals surface area (Å²) in [5.41, 5.74) is 1.36. The molecule has 3 rings (SSSR count). The van der Waals surface area contributed by atoms with Gasteiger partial charge in [0.25, 0.3) is 0 Å². The largest absolute Gasteiger partial charge is 0.338 e. The highest BCUT2D eigenvalue weighted by Crippen LogP contribution is 2.20. The maximum absolute atomic E-state index is 12.4. The number of carbonyl (C=O) groups excluding carboxylic acids is 1. The third kappa shape index (κ3) is 4.84. The first-order valence-corrected chi connectivity index (χ1v) is 9.16. The van der Waals surface area contributed by atoms with Gasteiger partial charge in [-0.15, -0.1) is 0 Å². The summed E-state index contributed by atoms with van der Waals surface area (Å²) in [6.07, 6.45) is 5.95. The minimum absolute atomic E-state index is 0.0739. The number of rotatable bonds is 6. The Labute approximate surface area is 150 Å². The van der Waals surface area contributed by atoms with Gasteiger partial charge < -0.3 is 14.8 Å². The lowest BCUT2D eigenvalue weighted by atomic mass is 9.99. The summed E-state index contributed by atoms with van der Waals surface area (Å²) in [5.74, 6) is 1.96. The number of amides is 2. The van der Waals surface area contributed by atoms with Gasteiger partial charge in [0, 0.05) is 38.6 Å². The number of nitrogens with one attached hydrogen (secondary N) is 1. The number of hydrogen-bond acceptors (Lipinski definition) is 2. The SMILES string of the molecule is Cc1nccn1C[C@H](C)CNC(=O)N1CC[C@@H](Cc2ccccc2)C1. The van der Waals surface area contributed by atoms with Gasteiger partial charge in [0.05, 0.1) is 0 Å². The van der Waals surface area contributed by atoms with Crippen molar-refractivity contribution in [2.45, 2.75) is 33.2 Å². The van der Waals surface area contributed by atoms with Crippen molar-refractivity contribution in [1.29, 1.82) is 0 Å². The van der Waals surface area contributed by atoms with Crippen LogP contribution in [0.2, 0.25) is 0 Å². The molecule has 2 aromatic rings. The van der Waals surface area contributed by atoms with Gasteiger partial charge in [-0.2, -0.15) is 0 Å². The van der Waals surface area contributed by atoms with Crippen molar-refractivity contribution >= 4 is 6.03 Å². The molecule has 2 atom stereocenters. The van der Waals surface area contributed by atoms with Gasteiger partial charge in [-0.1, -0.05) is 37.3 Å². The van der Waals surface area contributed by atoms with Gasteiger partial charge in [-0.25, -0.2) is 9.78 Å². The average Bonchev–Trinajstić information content (AvgIpc) is 3.23. The second kappa shape index (κ2) is 8.19. The van der Waals surface area contributed by atoms with Crippen LogP contribution in [0.1, 0.15) is 24.7 Å². The summed E-state index contributed by atoms with van der Waals surface area (Å²) in [6, 6.07) is 10.6. The van der Waals surface area contributed by atoms with Gasteiger partial charge in [0.1, 0.15) is 5.82 Å². The molecule has 5 heteroatoms. The maximum Gasteiger partial charge on any atom is 0.317 e. The molecule has 0 bridgehead atoms. The molecule has 1 aliphatic rings. The van der Waals surface area contributed by atoms with Crippen molar-refractivity contribution in [3.05, 3.63) is 54.1 Å². The molecule has 5 nitrogen and oxygen atoms in total. The Morgan fingerprint density at radius 2 is 2.16 bits per heavy atom. The minimum Gasteiger partial charge on any atom is -0.338 e. The number of nitrogens with zero attached hydrogens (tertiary/aromatic N) is 3. The summed E-state index contributed by atoms with van der Waals surface area (Å²) < 4.78 is 2.13. The van der Waals surface area contributed by atoms with E-state index < -0.39 is 0 Å². The molecule has 2 heterocycles. The van der Waals surface area contributed by atoms with E-state index in [-0.39, 0.29) is 6.03 Å². The fourth-order valence-electron chi connectivity index (χ4n) is 3.50. The highest BCUT2D eigenvalue weighted by molar-refractivity contribution is 5.74. The second-order valence-corrected chi connectivity index (χ2v) is 7.21. The van der Waals surface area contributed by atoms with E-state index in [0.29, 0.717) is 18.4 Å². The zero-order chi connectivity index (χ0) is 17.6. The molecule has 0 spiro atoms. The molecule has 1 fully saturated rings. The van der Waals surface area contributed by atoms with Crippen LogP contribution in [-0.4, -0.2) is 40.1 Å². The summed E-state index contributed by atoms with van der Waals surface area (Å²) in [4.78, 5) is 18.6. The molecule has 2 amide bonds. The van der Waals surface area contributed by atoms with Crippen LogP contribution in [0, 0.1) is 18.8 Å². The Bertz CT molecular complexity index is 682. The third-order valence-electron chi connectivity index (χ3n) is 4.97. The van der Waals surface area contributed by atoms with Crippen molar-refractivity contribution in [1.82, 2.24) is 19.8 Å². The molecule has 1 N–H and O–H groups in total. The van der Waals surface area contributed by atoms with Gasteiger partial charge in [0.2, 0.25) is 0 Å². The van der Waals surface area contributed by atoms with Crippen LogP contribution < -0.4 is 5.32 Å². The third-order valence-corrected chi connectivity index (χ3v) is 4.97. The molecule has 1 aliphatic heterocycles. The summed E-state index contributed by atoms with van der Waals surface area (Å²) in [5, 5.41) is 3.09. The molecule has 0 saturated carbocycles. The highest BCUT2D eigenvalue weighted by Gasteiger charge is 2.26. The zero-order valence-corrected chi connectivity index (χ0v) is 15.2. The Hall–Kier alpha value is -2.30. The lowest BCUT2D eigenvalue weighted by molar-refractivity contribution is 0.204. The normalized spacial score (nSPS) is 18.3. The van der Waals surface area contributed by atoms with Crippen LogP contribution >= 0.6 is 0 Å². The fraction of sp³-hybridized carbons (Fsp3) is 0.500. The Balaban J connectivity index is 1.41. The fourth-order valence-corrected chi connectivity index (χ4v) is 3.50. The number of aryl methyl sites for hydroxylation is 1.